The van der Waals surface area contributed by atoms with E-state index in [2.05, 4.69) is 15.0 Å². The first-order valence-electron chi connectivity index (χ1n) is 2.30. The minimum atomic E-state index is -1.55. The number of alkyl halides is 3. The summed E-state index contributed by atoms with van der Waals surface area (Å²) >= 11 is 16.3. The quantitative estimate of drug-likeness (QED) is 0.486. The Kier molecular flexibility index (Phi) is 5.18. The summed E-state index contributed by atoms with van der Waals surface area (Å²) in [6, 6.07) is 0. The summed E-state index contributed by atoms with van der Waals surface area (Å²) in [7, 11) is 0. The van der Waals surface area contributed by atoms with E-state index in [1.54, 1.807) is 0 Å². The van der Waals surface area contributed by atoms with E-state index in [0.717, 1.165) is 0 Å². The molecule has 0 atom stereocenters. The standard InChI is InChI=1S/C4H2Cl3N3.Na.H/c5-4(6,7)3-9-1-8-2-10-3;;/h1-2H;;. The molecule has 0 aliphatic carbocycles. The van der Waals surface area contributed by atoms with Crippen molar-refractivity contribution in [3.8, 4) is 0 Å². The topological polar surface area (TPSA) is 38.7 Å². The number of rotatable bonds is 0. The van der Waals surface area contributed by atoms with Gasteiger partial charge in [-0.05, 0) is 0 Å². The van der Waals surface area contributed by atoms with Gasteiger partial charge in [-0.2, -0.15) is 0 Å². The summed E-state index contributed by atoms with van der Waals surface area (Å²) in [6.07, 6.45) is 2.54. The molecular formula is C4H3Cl3N3Na. The molecule has 1 rings (SSSR count). The second kappa shape index (κ2) is 4.80. The molecule has 7 heteroatoms. The molecule has 0 saturated heterocycles. The normalized spacial score (nSPS) is 10.5. The molecule has 0 bridgehead atoms. The summed E-state index contributed by atoms with van der Waals surface area (Å²) in [4.78, 5) is 10.8. The van der Waals surface area contributed by atoms with Crippen molar-refractivity contribution in [2.75, 3.05) is 0 Å². The third kappa shape index (κ3) is 3.87. The van der Waals surface area contributed by atoms with Crippen LogP contribution < -0.4 is 0 Å². The fourth-order valence-corrected chi connectivity index (χ4v) is 0.678. The van der Waals surface area contributed by atoms with Crippen LogP contribution in [0.5, 0.6) is 0 Å². The molecule has 0 spiro atoms. The summed E-state index contributed by atoms with van der Waals surface area (Å²) in [5.41, 5.74) is 0. The van der Waals surface area contributed by atoms with E-state index in [0.29, 0.717) is 0 Å². The van der Waals surface area contributed by atoms with Crippen molar-refractivity contribution in [3.63, 3.8) is 0 Å². The zero-order chi connectivity index (χ0) is 7.61. The van der Waals surface area contributed by atoms with Crippen molar-refractivity contribution in [1.29, 1.82) is 0 Å². The van der Waals surface area contributed by atoms with Gasteiger partial charge >= 0.3 is 29.6 Å². The van der Waals surface area contributed by atoms with Gasteiger partial charge in [0.05, 0.1) is 0 Å². The number of aromatic nitrogens is 3. The van der Waals surface area contributed by atoms with Crippen LogP contribution in [0.15, 0.2) is 12.7 Å². The zero-order valence-corrected chi connectivity index (χ0v) is 6.90. The van der Waals surface area contributed by atoms with Gasteiger partial charge in [-0.15, -0.1) is 0 Å². The number of hydrogen-bond acceptors (Lipinski definition) is 3. The second-order valence-electron chi connectivity index (χ2n) is 1.46. The minimum absolute atomic E-state index is 0. The molecule has 0 amide bonds. The summed E-state index contributed by atoms with van der Waals surface area (Å²) in [6.45, 7) is 0. The van der Waals surface area contributed by atoms with E-state index in [1.807, 2.05) is 0 Å². The first kappa shape index (κ1) is 11.9. The molecule has 1 heterocycles. The molecule has 0 unspecified atom stereocenters. The Morgan fingerprint density at radius 3 is 1.82 bits per heavy atom. The van der Waals surface area contributed by atoms with Crippen molar-refractivity contribution in [2.45, 2.75) is 3.79 Å². The molecule has 0 aliphatic rings. The molecule has 3 nitrogen and oxygen atoms in total. The van der Waals surface area contributed by atoms with Crippen LogP contribution in [-0.4, -0.2) is 44.5 Å². The summed E-state index contributed by atoms with van der Waals surface area (Å²) in [5, 5.41) is 0. The molecule has 0 aromatic carbocycles. The maximum absolute atomic E-state index is 5.44. The van der Waals surface area contributed by atoms with Gasteiger partial charge in [0.2, 0.25) is 3.79 Å². The van der Waals surface area contributed by atoms with E-state index in [9.17, 15) is 0 Å². The van der Waals surface area contributed by atoms with Crippen LogP contribution in [0.25, 0.3) is 0 Å². The van der Waals surface area contributed by atoms with Crippen molar-refractivity contribution in [1.82, 2.24) is 15.0 Å². The Balaban J connectivity index is 0.000001000. The molecule has 11 heavy (non-hydrogen) atoms. The Morgan fingerprint density at radius 1 is 1.09 bits per heavy atom. The molecule has 1 aromatic heterocycles. The third-order valence-electron chi connectivity index (χ3n) is 0.747. The SMILES string of the molecule is ClC(Cl)(Cl)c1ncncn1.[NaH]. The Bertz CT molecular complexity index is 212. The van der Waals surface area contributed by atoms with Crippen LogP contribution in [0.2, 0.25) is 0 Å². The Morgan fingerprint density at radius 2 is 1.55 bits per heavy atom. The monoisotopic (exact) mass is 221 g/mol. The summed E-state index contributed by atoms with van der Waals surface area (Å²) < 4.78 is -1.55. The van der Waals surface area contributed by atoms with Crippen molar-refractivity contribution >= 4 is 64.4 Å². The van der Waals surface area contributed by atoms with Crippen molar-refractivity contribution < 1.29 is 0 Å². The van der Waals surface area contributed by atoms with Gasteiger partial charge < -0.3 is 0 Å². The van der Waals surface area contributed by atoms with E-state index in [4.69, 9.17) is 34.8 Å². The zero-order valence-electron chi connectivity index (χ0n) is 4.63. The van der Waals surface area contributed by atoms with Gasteiger partial charge in [0.15, 0.2) is 5.82 Å². The number of halogens is 3. The van der Waals surface area contributed by atoms with E-state index in [1.165, 1.54) is 12.7 Å². The molecule has 0 aliphatic heterocycles. The molecular weight excluding hydrogens is 219 g/mol. The van der Waals surface area contributed by atoms with Gasteiger partial charge in [-0.25, -0.2) is 15.0 Å². The van der Waals surface area contributed by atoms with Gasteiger partial charge in [0.25, 0.3) is 0 Å². The second-order valence-corrected chi connectivity index (χ2v) is 3.74. The van der Waals surface area contributed by atoms with Crippen molar-refractivity contribution in [3.05, 3.63) is 18.5 Å². The van der Waals surface area contributed by atoms with E-state index in [-0.39, 0.29) is 35.4 Å². The molecule has 0 saturated carbocycles. The summed E-state index contributed by atoms with van der Waals surface area (Å²) in [5.74, 6) is 0.132. The van der Waals surface area contributed by atoms with Crippen molar-refractivity contribution in [2.24, 2.45) is 0 Å². The molecule has 1 aromatic rings. The van der Waals surface area contributed by atoms with Crippen LogP contribution in [0.4, 0.5) is 0 Å². The Labute approximate surface area is 101 Å². The predicted octanol–water partition coefficient (Wildman–Crippen LogP) is 1.05. The van der Waals surface area contributed by atoms with Gasteiger partial charge in [-0.1, -0.05) is 34.8 Å². The van der Waals surface area contributed by atoms with Gasteiger partial charge in [0, 0.05) is 0 Å². The van der Waals surface area contributed by atoms with Gasteiger partial charge in [-0.3, -0.25) is 0 Å². The van der Waals surface area contributed by atoms with E-state index < -0.39 is 3.79 Å². The molecule has 0 radical (unpaired) electrons. The van der Waals surface area contributed by atoms with Crippen LogP contribution in [0.1, 0.15) is 5.82 Å². The number of nitrogens with zero attached hydrogens (tertiary/aromatic N) is 3. The van der Waals surface area contributed by atoms with Crippen LogP contribution in [0.3, 0.4) is 0 Å². The fourth-order valence-electron chi connectivity index (χ4n) is 0.386. The average Bonchev–Trinajstić information content (AvgIpc) is 1.88. The maximum atomic E-state index is 5.44. The van der Waals surface area contributed by atoms with Crippen LogP contribution >= 0.6 is 34.8 Å². The first-order chi connectivity index (χ1) is 4.61. The Hall–Kier alpha value is 0.880. The average molecular weight is 222 g/mol. The van der Waals surface area contributed by atoms with Gasteiger partial charge in [0.1, 0.15) is 12.7 Å². The van der Waals surface area contributed by atoms with Crippen LogP contribution in [-0.2, 0) is 3.79 Å². The third-order valence-corrected chi connectivity index (χ3v) is 1.25. The molecule has 56 valence electrons. The number of hydrogen-bond donors (Lipinski definition) is 0. The van der Waals surface area contributed by atoms with Crippen LogP contribution in [0, 0.1) is 0 Å². The molecule has 0 N–H and O–H groups in total. The first-order valence-corrected chi connectivity index (χ1v) is 3.43. The predicted molar refractivity (Wildman–Crippen MR) is 46.2 cm³/mol. The fraction of sp³-hybridized carbons (Fsp3) is 0.250. The van der Waals surface area contributed by atoms with E-state index >= 15 is 0 Å². The molecule has 0 fully saturated rings.